The first-order valence-corrected chi connectivity index (χ1v) is 6.58. The zero-order valence-electron chi connectivity index (χ0n) is 7.07. The van der Waals surface area contributed by atoms with Crippen molar-refractivity contribution < 1.29 is 25.9 Å². The molecule has 0 aliphatic rings. The second-order valence-corrected chi connectivity index (χ2v) is 5.22. The molecule has 2 N–H and O–H groups in total. The maximum atomic E-state index is 10.2. The molecule has 0 heterocycles. The Bertz CT molecular complexity index is 413. The van der Waals surface area contributed by atoms with Crippen molar-refractivity contribution in [2.75, 3.05) is 5.75 Å². The first kappa shape index (κ1) is 13.3. The van der Waals surface area contributed by atoms with Gasteiger partial charge in [-0.05, 0) is 12.5 Å². The molecule has 0 saturated heterocycles. The summed E-state index contributed by atoms with van der Waals surface area (Å²) < 4.78 is 57.1. The van der Waals surface area contributed by atoms with Crippen molar-refractivity contribution in [3.8, 4) is 0 Å². The zero-order chi connectivity index (χ0) is 11.2. The van der Waals surface area contributed by atoms with E-state index in [0.29, 0.717) is 5.41 Å². The first-order valence-electron chi connectivity index (χ1n) is 3.46. The van der Waals surface area contributed by atoms with Crippen LogP contribution in [0.3, 0.4) is 0 Å². The molecule has 0 spiro atoms. The highest BCUT2D eigenvalue weighted by atomic mass is 32.2. The van der Waals surface area contributed by atoms with E-state index < -0.39 is 26.0 Å². The van der Waals surface area contributed by atoms with Gasteiger partial charge in [-0.25, -0.2) is 0 Å². The molecule has 0 bridgehead atoms. The van der Waals surface area contributed by atoms with E-state index in [2.05, 4.69) is 0 Å². The Morgan fingerprint density at radius 2 is 1.57 bits per heavy atom. The molecule has 0 aliphatic carbocycles. The lowest BCUT2D eigenvalue weighted by Crippen LogP contribution is -2.01. The number of hydrogen-bond acceptors (Lipinski definition) is 4. The number of allylic oxidation sites excluding steroid dienone is 3. The van der Waals surface area contributed by atoms with Gasteiger partial charge in [-0.15, -0.1) is 0 Å². The maximum absolute atomic E-state index is 10.2. The normalized spacial score (nSPS) is 14.1. The van der Waals surface area contributed by atoms with Crippen LogP contribution < -0.4 is 0 Å². The fourth-order valence-electron chi connectivity index (χ4n) is 0.536. The summed E-state index contributed by atoms with van der Waals surface area (Å²) in [6.07, 6.45) is 3.70. The minimum Gasteiger partial charge on any atom is -0.286 e. The molecular formula is C6H10O6S2. The number of hydrogen-bond donors (Lipinski definition) is 2. The van der Waals surface area contributed by atoms with Gasteiger partial charge in [-0.1, -0.05) is 12.2 Å². The van der Waals surface area contributed by atoms with E-state index in [1.54, 1.807) is 0 Å². The van der Waals surface area contributed by atoms with Crippen molar-refractivity contribution in [2.24, 2.45) is 0 Å². The molecule has 0 aromatic carbocycles. The topological polar surface area (TPSA) is 109 Å². The van der Waals surface area contributed by atoms with E-state index in [0.717, 1.165) is 6.08 Å². The summed E-state index contributed by atoms with van der Waals surface area (Å²) in [5.41, 5.74) is 0. The summed E-state index contributed by atoms with van der Waals surface area (Å²) >= 11 is 0. The summed E-state index contributed by atoms with van der Waals surface area (Å²) in [6.45, 7) is 0. The van der Waals surface area contributed by atoms with Crippen LogP contribution in [0.4, 0.5) is 0 Å². The predicted molar refractivity (Wildman–Crippen MR) is 50.9 cm³/mol. The van der Waals surface area contributed by atoms with E-state index in [4.69, 9.17) is 9.11 Å². The van der Waals surface area contributed by atoms with Gasteiger partial charge in [-0.3, -0.25) is 9.11 Å². The molecular weight excluding hydrogens is 232 g/mol. The van der Waals surface area contributed by atoms with E-state index >= 15 is 0 Å². The third-order valence-corrected chi connectivity index (χ3v) is 2.29. The van der Waals surface area contributed by atoms with Gasteiger partial charge in [-0.2, -0.15) is 16.8 Å². The van der Waals surface area contributed by atoms with Crippen LogP contribution in [0.15, 0.2) is 23.6 Å². The van der Waals surface area contributed by atoms with Crippen LogP contribution in [0, 0.1) is 0 Å². The molecule has 0 atom stereocenters. The lowest BCUT2D eigenvalue weighted by atomic mass is 10.4. The lowest BCUT2D eigenvalue weighted by Gasteiger charge is -1.89. The molecule has 6 nitrogen and oxygen atoms in total. The molecule has 14 heavy (non-hydrogen) atoms. The van der Waals surface area contributed by atoms with Crippen molar-refractivity contribution >= 4 is 20.2 Å². The molecule has 0 unspecified atom stereocenters. The second-order valence-electron chi connectivity index (χ2n) is 2.35. The second kappa shape index (κ2) is 5.25. The van der Waals surface area contributed by atoms with Gasteiger partial charge in [0.2, 0.25) is 0 Å². The van der Waals surface area contributed by atoms with Gasteiger partial charge in [0, 0.05) is 0 Å². The Morgan fingerprint density at radius 1 is 1.00 bits per heavy atom. The molecule has 82 valence electrons. The average molecular weight is 242 g/mol. The first-order chi connectivity index (χ1) is 6.21. The van der Waals surface area contributed by atoms with Gasteiger partial charge in [0.15, 0.2) is 0 Å². The van der Waals surface area contributed by atoms with Crippen LogP contribution in [-0.2, 0) is 20.2 Å². The van der Waals surface area contributed by atoms with Gasteiger partial charge in [0.1, 0.15) is 0 Å². The van der Waals surface area contributed by atoms with Crippen LogP contribution in [0.1, 0.15) is 6.42 Å². The minimum absolute atomic E-state index is 0.0641. The SMILES string of the molecule is O=S(=O)(O)C=CC=CCCS(=O)(=O)O. The van der Waals surface area contributed by atoms with Crippen molar-refractivity contribution in [3.63, 3.8) is 0 Å². The minimum atomic E-state index is -4.14. The smallest absolute Gasteiger partial charge is 0.286 e. The van der Waals surface area contributed by atoms with Gasteiger partial charge < -0.3 is 0 Å². The van der Waals surface area contributed by atoms with Crippen LogP contribution in [0.25, 0.3) is 0 Å². The Hall–Kier alpha value is -0.700. The molecule has 0 radical (unpaired) electrons. The largest absolute Gasteiger partial charge is 0.287 e. The molecule has 0 fully saturated rings. The Labute approximate surface area is 82.4 Å². The fraction of sp³-hybridized carbons (Fsp3) is 0.333. The maximum Gasteiger partial charge on any atom is 0.287 e. The predicted octanol–water partition coefficient (Wildman–Crippen LogP) is 0.222. The standard InChI is InChI=1S/C6H10O6S2/c7-13(8,9)5-3-1-2-4-6-14(10,11)12/h1-3,5H,4,6H2,(H,7,8,9)(H,10,11,12). The summed E-state index contributed by atoms with van der Waals surface area (Å²) in [5.74, 6) is -0.427. The Morgan fingerprint density at radius 3 is 2.00 bits per heavy atom. The zero-order valence-corrected chi connectivity index (χ0v) is 8.70. The van der Waals surface area contributed by atoms with Crippen LogP contribution in [0.5, 0.6) is 0 Å². The molecule has 0 saturated carbocycles. The molecule has 0 rings (SSSR count). The van der Waals surface area contributed by atoms with E-state index in [9.17, 15) is 16.8 Å². The van der Waals surface area contributed by atoms with E-state index in [-0.39, 0.29) is 6.42 Å². The van der Waals surface area contributed by atoms with E-state index in [1.807, 2.05) is 0 Å². The third-order valence-electron chi connectivity index (χ3n) is 1.04. The Balaban J connectivity index is 3.94. The van der Waals surface area contributed by atoms with E-state index in [1.165, 1.54) is 12.2 Å². The third kappa shape index (κ3) is 11.3. The molecule has 0 aromatic heterocycles. The molecule has 0 amide bonds. The fourth-order valence-corrected chi connectivity index (χ4v) is 1.26. The highest BCUT2D eigenvalue weighted by molar-refractivity contribution is 7.88. The van der Waals surface area contributed by atoms with Crippen LogP contribution in [0.2, 0.25) is 0 Å². The highest BCUT2D eigenvalue weighted by Gasteiger charge is 2.00. The average Bonchev–Trinajstić information content (AvgIpc) is 1.92. The summed E-state index contributed by atoms with van der Waals surface area (Å²) in [6, 6.07) is 0. The van der Waals surface area contributed by atoms with Crippen LogP contribution in [-0.4, -0.2) is 31.7 Å². The van der Waals surface area contributed by atoms with Crippen LogP contribution >= 0.6 is 0 Å². The van der Waals surface area contributed by atoms with Crippen molar-refractivity contribution in [2.45, 2.75) is 6.42 Å². The summed E-state index contributed by atoms with van der Waals surface area (Å²) in [5, 5.41) is 0.553. The summed E-state index contributed by atoms with van der Waals surface area (Å²) in [4.78, 5) is 0. The highest BCUT2D eigenvalue weighted by Crippen LogP contribution is 1.91. The molecule has 0 aliphatic heterocycles. The van der Waals surface area contributed by atoms with Gasteiger partial charge in [0.05, 0.1) is 11.2 Å². The summed E-state index contributed by atoms with van der Waals surface area (Å²) in [7, 11) is -8.12. The van der Waals surface area contributed by atoms with Crippen molar-refractivity contribution in [3.05, 3.63) is 23.6 Å². The monoisotopic (exact) mass is 242 g/mol. The number of rotatable bonds is 5. The quantitative estimate of drug-likeness (QED) is 0.527. The van der Waals surface area contributed by atoms with Crippen molar-refractivity contribution in [1.82, 2.24) is 0 Å². The van der Waals surface area contributed by atoms with Crippen molar-refractivity contribution in [1.29, 1.82) is 0 Å². The Kier molecular flexibility index (Phi) is 4.99. The van der Waals surface area contributed by atoms with Gasteiger partial charge >= 0.3 is 0 Å². The van der Waals surface area contributed by atoms with Gasteiger partial charge in [0.25, 0.3) is 20.2 Å². The lowest BCUT2D eigenvalue weighted by molar-refractivity contribution is 0.482. The molecule has 8 heteroatoms. The molecule has 0 aromatic rings.